The van der Waals surface area contributed by atoms with Crippen LogP contribution in [0.1, 0.15) is 44.2 Å². The molecule has 3 N–H and O–H groups in total. The average molecular weight is 277 g/mol. The number of amidine groups is 1. The summed E-state index contributed by atoms with van der Waals surface area (Å²) < 4.78 is 13.6. The Bertz CT molecular complexity index is 481. The van der Waals surface area contributed by atoms with E-state index in [-0.39, 0.29) is 11.7 Å². The minimum absolute atomic E-state index is 0.0779. The highest BCUT2D eigenvalue weighted by molar-refractivity contribution is 5.95. The third-order valence-electron chi connectivity index (χ3n) is 3.71. The minimum Gasteiger partial charge on any atom is -0.384 e. The molecule has 20 heavy (non-hydrogen) atoms. The van der Waals surface area contributed by atoms with Gasteiger partial charge in [-0.3, -0.25) is 10.3 Å². The highest BCUT2D eigenvalue weighted by Crippen LogP contribution is 2.29. The Morgan fingerprint density at radius 2 is 2.10 bits per heavy atom. The molecule has 0 bridgehead atoms. The van der Waals surface area contributed by atoms with Crippen molar-refractivity contribution < 1.29 is 4.39 Å². The van der Waals surface area contributed by atoms with E-state index in [0.29, 0.717) is 17.5 Å². The van der Waals surface area contributed by atoms with Crippen LogP contribution in [0.15, 0.2) is 18.2 Å². The molecule has 1 aliphatic carbocycles. The molecule has 1 aromatic carbocycles. The van der Waals surface area contributed by atoms with E-state index < -0.39 is 0 Å². The van der Waals surface area contributed by atoms with Crippen molar-refractivity contribution in [2.24, 2.45) is 11.7 Å². The summed E-state index contributed by atoms with van der Waals surface area (Å²) in [6.45, 7) is 6.24. The fourth-order valence-electron chi connectivity index (χ4n) is 2.39. The highest BCUT2D eigenvalue weighted by atomic mass is 19.1. The van der Waals surface area contributed by atoms with Crippen molar-refractivity contribution in [1.82, 2.24) is 4.90 Å². The first-order chi connectivity index (χ1) is 9.45. The van der Waals surface area contributed by atoms with Crippen LogP contribution in [0.4, 0.5) is 4.39 Å². The zero-order chi connectivity index (χ0) is 14.7. The molecule has 3 nitrogen and oxygen atoms in total. The predicted molar refractivity (Wildman–Crippen MR) is 80.3 cm³/mol. The topological polar surface area (TPSA) is 53.1 Å². The summed E-state index contributed by atoms with van der Waals surface area (Å²) in [7, 11) is 0. The molecule has 0 unspecified atom stereocenters. The third kappa shape index (κ3) is 4.30. The van der Waals surface area contributed by atoms with Gasteiger partial charge in [-0.25, -0.2) is 4.39 Å². The number of hydrogen-bond donors (Lipinski definition) is 2. The molecule has 1 saturated carbocycles. The Hall–Kier alpha value is -1.42. The Balaban J connectivity index is 2.07. The summed E-state index contributed by atoms with van der Waals surface area (Å²) in [4.78, 5) is 2.43. The molecule has 0 spiro atoms. The normalized spacial score (nSPS) is 15.1. The highest BCUT2D eigenvalue weighted by Gasteiger charge is 2.28. The standard InChI is InChI=1S/C16H24FN3/c1-11(2)5-6-20(15-3-4-15)10-12-7-13(16(18)19)9-14(17)8-12/h7-9,11,15H,3-6,10H2,1-2H3,(H3,18,19). The lowest BCUT2D eigenvalue weighted by Crippen LogP contribution is -2.27. The van der Waals surface area contributed by atoms with Gasteiger partial charge < -0.3 is 5.73 Å². The lowest BCUT2D eigenvalue weighted by Gasteiger charge is -2.23. The van der Waals surface area contributed by atoms with E-state index in [2.05, 4.69) is 18.7 Å². The van der Waals surface area contributed by atoms with E-state index in [1.54, 1.807) is 6.07 Å². The zero-order valence-electron chi connectivity index (χ0n) is 12.3. The second-order valence-corrected chi connectivity index (χ2v) is 6.15. The summed E-state index contributed by atoms with van der Waals surface area (Å²) in [6, 6.07) is 5.35. The molecular formula is C16H24FN3. The van der Waals surface area contributed by atoms with Gasteiger partial charge in [-0.15, -0.1) is 0 Å². The molecule has 0 heterocycles. The van der Waals surface area contributed by atoms with E-state index in [1.807, 2.05) is 6.07 Å². The SMILES string of the molecule is CC(C)CCN(Cc1cc(F)cc(C(=N)N)c1)C1CC1. The monoisotopic (exact) mass is 277 g/mol. The van der Waals surface area contributed by atoms with Crippen molar-refractivity contribution >= 4 is 5.84 Å². The molecular weight excluding hydrogens is 253 g/mol. The van der Waals surface area contributed by atoms with Crippen LogP contribution < -0.4 is 5.73 Å². The second kappa shape index (κ2) is 6.35. The summed E-state index contributed by atoms with van der Waals surface area (Å²) in [5.41, 5.74) is 6.84. The summed E-state index contributed by atoms with van der Waals surface area (Å²) in [6.07, 6.45) is 3.64. The molecule has 110 valence electrons. The Morgan fingerprint density at radius 3 is 2.65 bits per heavy atom. The van der Waals surface area contributed by atoms with E-state index in [1.165, 1.54) is 18.9 Å². The molecule has 1 aliphatic rings. The number of benzene rings is 1. The molecule has 0 atom stereocenters. The van der Waals surface area contributed by atoms with E-state index in [9.17, 15) is 4.39 Å². The maximum Gasteiger partial charge on any atom is 0.124 e. The van der Waals surface area contributed by atoms with Gasteiger partial charge in [-0.1, -0.05) is 13.8 Å². The number of nitrogen functional groups attached to an aromatic ring is 1. The van der Waals surface area contributed by atoms with Crippen molar-refractivity contribution in [3.63, 3.8) is 0 Å². The van der Waals surface area contributed by atoms with Crippen LogP contribution in [0.2, 0.25) is 0 Å². The van der Waals surface area contributed by atoms with Crippen molar-refractivity contribution in [1.29, 1.82) is 5.41 Å². The number of rotatable bonds is 7. The van der Waals surface area contributed by atoms with Crippen LogP contribution in [0.25, 0.3) is 0 Å². The third-order valence-corrected chi connectivity index (χ3v) is 3.71. The first kappa shape index (κ1) is 15.0. The van der Waals surface area contributed by atoms with Crippen molar-refractivity contribution in [3.8, 4) is 0 Å². The lowest BCUT2D eigenvalue weighted by molar-refractivity contribution is 0.239. The van der Waals surface area contributed by atoms with Gasteiger partial charge in [-0.2, -0.15) is 0 Å². The zero-order valence-corrected chi connectivity index (χ0v) is 12.3. The fourth-order valence-corrected chi connectivity index (χ4v) is 2.39. The Labute approximate surface area is 120 Å². The quantitative estimate of drug-likeness (QED) is 0.594. The van der Waals surface area contributed by atoms with Crippen molar-refractivity contribution in [2.45, 2.75) is 45.7 Å². The van der Waals surface area contributed by atoms with Crippen LogP contribution in [-0.2, 0) is 6.54 Å². The average Bonchev–Trinajstić information content (AvgIpc) is 3.17. The number of nitrogens with one attached hydrogen (secondary N) is 1. The molecule has 0 saturated heterocycles. The number of nitrogens with zero attached hydrogens (tertiary/aromatic N) is 1. The molecule has 0 aromatic heterocycles. The lowest BCUT2D eigenvalue weighted by atomic mass is 10.1. The van der Waals surface area contributed by atoms with Crippen LogP contribution in [0, 0.1) is 17.1 Å². The second-order valence-electron chi connectivity index (χ2n) is 6.15. The van der Waals surface area contributed by atoms with Crippen molar-refractivity contribution in [2.75, 3.05) is 6.54 Å². The summed E-state index contributed by atoms with van der Waals surface area (Å²) in [5.74, 6) is 0.287. The number of hydrogen-bond acceptors (Lipinski definition) is 2. The Kier molecular flexibility index (Phi) is 4.76. The maximum atomic E-state index is 13.6. The number of halogens is 1. The van der Waals surface area contributed by atoms with Crippen LogP contribution >= 0.6 is 0 Å². The molecule has 1 aromatic rings. The summed E-state index contributed by atoms with van der Waals surface area (Å²) in [5, 5.41) is 7.44. The number of nitrogens with two attached hydrogens (primary N) is 1. The smallest absolute Gasteiger partial charge is 0.124 e. The van der Waals surface area contributed by atoms with Gasteiger partial charge >= 0.3 is 0 Å². The predicted octanol–water partition coefficient (Wildman–Crippen LogP) is 3.12. The van der Waals surface area contributed by atoms with Crippen molar-refractivity contribution in [3.05, 3.63) is 35.1 Å². The molecule has 0 radical (unpaired) electrons. The maximum absolute atomic E-state index is 13.6. The van der Waals surface area contributed by atoms with Gasteiger partial charge in [0.05, 0.1) is 0 Å². The van der Waals surface area contributed by atoms with Crippen LogP contribution in [0.3, 0.4) is 0 Å². The van der Waals surface area contributed by atoms with E-state index in [4.69, 9.17) is 11.1 Å². The fraction of sp³-hybridized carbons (Fsp3) is 0.562. The van der Waals surface area contributed by atoms with Gasteiger partial charge in [0, 0.05) is 18.2 Å². The largest absolute Gasteiger partial charge is 0.384 e. The Morgan fingerprint density at radius 1 is 1.40 bits per heavy atom. The van der Waals surface area contributed by atoms with E-state index >= 15 is 0 Å². The van der Waals surface area contributed by atoms with E-state index in [0.717, 1.165) is 25.1 Å². The van der Waals surface area contributed by atoms with Gasteiger partial charge in [0.15, 0.2) is 0 Å². The summed E-state index contributed by atoms with van der Waals surface area (Å²) >= 11 is 0. The van der Waals surface area contributed by atoms with Gasteiger partial charge in [0.2, 0.25) is 0 Å². The molecule has 0 amide bonds. The first-order valence-corrected chi connectivity index (χ1v) is 7.33. The van der Waals surface area contributed by atoms with Crippen LogP contribution in [-0.4, -0.2) is 23.3 Å². The molecule has 4 heteroatoms. The first-order valence-electron chi connectivity index (χ1n) is 7.33. The van der Waals surface area contributed by atoms with Gasteiger partial charge in [0.1, 0.15) is 11.7 Å². The van der Waals surface area contributed by atoms with Gasteiger partial charge in [-0.05, 0) is 55.5 Å². The minimum atomic E-state index is -0.313. The molecule has 1 fully saturated rings. The van der Waals surface area contributed by atoms with Gasteiger partial charge in [0.25, 0.3) is 0 Å². The molecule has 2 rings (SSSR count). The van der Waals surface area contributed by atoms with Crippen LogP contribution in [0.5, 0.6) is 0 Å². The molecule has 0 aliphatic heterocycles.